The van der Waals surface area contributed by atoms with Crippen LogP contribution in [-0.2, 0) is 21.1 Å². The lowest BCUT2D eigenvalue weighted by molar-refractivity contribution is 0.00578. The van der Waals surface area contributed by atoms with Gasteiger partial charge >= 0.3 is 7.12 Å². The Labute approximate surface area is 232 Å². The largest absolute Gasteiger partial charge is 0.495 e. The van der Waals surface area contributed by atoms with Crippen LogP contribution in [0.2, 0.25) is 0 Å². The molecule has 1 spiro atoms. The Morgan fingerprint density at radius 3 is 2.26 bits per heavy atom. The number of H-pyrrole nitrogens is 1. The van der Waals surface area contributed by atoms with E-state index in [4.69, 9.17) is 9.31 Å². The Bertz CT molecular complexity index is 1430. The number of nitrogens with zero attached hydrogens (tertiary/aromatic N) is 1. The third kappa shape index (κ3) is 4.06. The highest BCUT2D eigenvalue weighted by molar-refractivity contribution is 6.62. The maximum Gasteiger partial charge on any atom is 0.495 e. The summed E-state index contributed by atoms with van der Waals surface area (Å²) in [5.41, 5.74) is 10.2. The minimum absolute atomic E-state index is 0.172. The van der Waals surface area contributed by atoms with Crippen LogP contribution in [0.4, 0.5) is 0 Å². The summed E-state index contributed by atoms with van der Waals surface area (Å²) in [6.45, 7) is 11.7. The van der Waals surface area contributed by atoms with Crippen LogP contribution in [0.1, 0.15) is 89.7 Å². The highest BCUT2D eigenvalue weighted by atomic mass is 16.7. The van der Waals surface area contributed by atoms with Crippen molar-refractivity contribution in [2.75, 3.05) is 6.54 Å². The zero-order valence-electron chi connectivity index (χ0n) is 24.0. The highest BCUT2D eigenvalue weighted by Crippen LogP contribution is 2.53. The number of benzene rings is 2. The molecule has 0 bridgehead atoms. The van der Waals surface area contributed by atoms with Crippen LogP contribution in [0.15, 0.2) is 54.2 Å². The summed E-state index contributed by atoms with van der Waals surface area (Å²) < 4.78 is 13.1. The number of imidazole rings is 1. The summed E-state index contributed by atoms with van der Waals surface area (Å²) in [4.78, 5) is 8.20. The minimum atomic E-state index is -0.335. The molecule has 202 valence electrons. The summed E-state index contributed by atoms with van der Waals surface area (Å²) in [5, 5.41) is 3.50. The number of fused-ring (bicyclic) bond motifs is 2. The fourth-order valence-corrected chi connectivity index (χ4v) is 7.33. The standard InChI is InChI=1S/C33H40BN3O2/c1-21-18-27(35-19-21)30-36-20-28(37-30)23-10-8-22(9-11-23)24-12-13-26(34-38-31(2,3)32(4,5)39-34)25-14-17-33(29(24)25)15-6-7-16-33/h8-13,18,20,27,35H,6-7,14-17,19H2,1-5H3,(H,36,37). The molecule has 3 heterocycles. The van der Waals surface area contributed by atoms with Crippen molar-refractivity contribution in [3.05, 3.63) is 71.2 Å². The van der Waals surface area contributed by atoms with E-state index in [0.717, 1.165) is 30.0 Å². The average molecular weight is 522 g/mol. The topological polar surface area (TPSA) is 59.2 Å². The summed E-state index contributed by atoms with van der Waals surface area (Å²) in [7, 11) is -0.306. The lowest BCUT2D eigenvalue weighted by Crippen LogP contribution is -2.41. The van der Waals surface area contributed by atoms with E-state index in [9.17, 15) is 0 Å². The van der Waals surface area contributed by atoms with Gasteiger partial charge in [0.05, 0.1) is 29.1 Å². The van der Waals surface area contributed by atoms with E-state index in [1.54, 1.807) is 5.56 Å². The molecule has 7 rings (SSSR count). The van der Waals surface area contributed by atoms with Gasteiger partial charge in [-0.1, -0.05) is 60.9 Å². The third-order valence-corrected chi connectivity index (χ3v) is 10.2. The normalized spacial score (nSPS) is 24.5. The second-order valence-corrected chi connectivity index (χ2v) is 13.3. The van der Waals surface area contributed by atoms with Crippen LogP contribution in [0.5, 0.6) is 0 Å². The molecular formula is C33H40BN3O2. The van der Waals surface area contributed by atoms with Crippen LogP contribution in [0, 0.1) is 0 Å². The predicted octanol–water partition coefficient (Wildman–Crippen LogP) is 6.39. The number of aromatic amines is 1. The summed E-state index contributed by atoms with van der Waals surface area (Å²) >= 11 is 0. The Morgan fingerprint density at radius 2 is 1.59 bits per heavy atom. The Kier molecular flexibility index (Phi) is 5.79. The predicted molar refractivity (Wildman–Crippen MR) is 158 cm³/mol. The number of rotatable bonds is 4. The van der Waals surface area contributed by atoms with E-state index < -0.39 is 0 Å². The molecule has 39 heavy (non-hydrogen) atoms. The molecule has 4 aliphatic rings. The van der Waals surface area contributed by atoms with Crippen molar-refractivity contribution in [1.29, 1.82) is 0 Å². The van der Waals surface area contributed by atoms with Gasteiger partial charge in [0.15, 0.2) is 0 Å². The molecule has 1 aromatic heterocycles. The van der Waals surface area contributed by atoms with Gasteiger partial charge in [0, 0.05) is 6.54 Å². The maximum absolute atomic E-state index is 6.54. The van der Waals surface area contributed by atoms with E-state index in [0.29, 0.717) is 5.41 Å². The SMILES string of the molecule is CC1=CC(c2ncc(-c3ccc(-c4ccc(B5OC(C)(C)C(C)(C)O5)c5c4C4(CCCC4)CC5)cc3)[nH]2)NC1. The first-order chi connectivity index (χ1) is 18.7. The molecule has 2 aromatic carbocycles. The molecule has 0 amide bonds. The molecular weight excluding hydrogens is 481 g/mol. The first-order valence-electron chi connectivity index (χ1n) is 14.7. The van der Waals surface area contributed by atoms with Gasteiger partial charge in [-0.15, -0.1) is 0 Å². The van der Waals surface area contributed by atoms with E-state index in [2.05, 4.69) is 92.4 Å². The maximum atomic E-state index is 6.54. The van der Waals surface area contributed by atoms with Crippen LogP contribution >= 0.6 is 0 Å². The highest BCUT2D eigenvalue weighted by Gasteiger charge is 2.53. The molecule has 3 aromatic rings. The van der Waals surface area contributed by atoms with E-state index in [1.807, 2.05) is 6.20 Å². The molecule has 1 unspecified atom stereocenters. The van der Waals surface area contributed by atoms with E-state index in [1.165, 1.54) is 59.8 Å². The Balaban J connectivity index is 1.24. The van der Waals surface area contributed by atoms with Gasteiger partial charge in [-0.05, 0) is 99.0 Å². The smallest absolute Gasteiger partial charge is 0.399 e. The Morgan fingerprint density at radius 1 is 0.897 bits per heavy atom. The van der Waals surface area contributed by atoms with Crippen LogP contribution in [-0.4, -0.2) is 34.8 Å². The van der Waals surface area contributed by atoms with Crippen molar-refractivity contribution in [2.24, 2.45) is 0 Å². The summed E-state index contributed by atoms with van der Waals surface area (Å²) in [5.74, 6) is 0.977. The fourth-order valence-electron chi connectivity index (χ4n) is 7.33. The van der Waals surface area contributed by atoms with Gasteiger partial charge in [0.2, 0.25) is 0 Å². The van der Waals surface area contributed by atoms with Gasteiger partial charge in [-0.3, -0.25) is 0 Å². The molecule has 2 fully saturated rings. The van der Waals surface area contributed by atoms with Gasteiger partial charge in [-0.2, -0.15) is 0 Å². The van der Waals surface area contributed by atoms with Gasteiger partial charge < -0.3 is 19.6 Å². The third-order valence-electron chi connectivity index (χ3n) is 10.2. The second kappa shape index (κ2) is 8.92. The summed E-state index contributed by atoms with van der Waals surface area (Å²) in [6.07, 6.45) is 11.8. The quantitative estimate of drug-likeness (QED) is 0.309. The first kappa shape index (κ1) is 25.3. The van der Waals surface area contributed by atoms with Gasteiger partial charge in [0.1, 0.15) is 5.82 Å². The molecule has 1 saturated heterocycles. The number of hydrogen-bond donors (Lipinski definition) is 2. The van der Waals surface area contributed by atoms with E-state index >= 15 is 0 Å². The molecule has 6 heteroatoms. The van der Waals surface area contributed by atoms with Crippen molar-refractivity contribution < 1.29 is 9.31 Å². The molecule has 2 aliphatic carbocycles. The minimum Gasteiger partial charge on any atom is -0.399 e. The zero-order valence-corrected chi connectivity index (χ0v) is 24.0. The van der Waals surface area contributed by atoms with Crippen molar-refractivity contribution in [3.8, 4) is 22.4 Å². The molecule has 1 saturated carbocycles. The van der Waals surface area contributed by atoms with Crippen LogP contribution in [0.3, 0.4) is 0 Å². The zero-order chi connectivity index (χ0) is 27.0. The molecule has 2 N–H and O–H groups in total. The van der Waals surface area contributed by atoms with Crippen molar-refractivity contribution in [2.45, 2.75) is 95.8 Å². The second-order valence-electron chi connectivity index (χ2n) is 13.3. The van der Waals surface area contributed by atoms with Crippen LogP contribution in [0.25, 0.3) is 22.4 Å². The lowest BCUT2D eigenvalue weighted by atomic mass is 9.70. The molecule has 2 aliphatic heterocycles. The van der Waals surface area contributed by atoms with Gasteiger partial charge in [-0.25, -0.2) is 4.98 Å². The molecule has 1 atom stereocenters. The number of aromatic nitrogens is 2. The fraction of sp³-hybridized carbons (Fsp3) is 0.485. The van der Waals surface area contributed by atoms with Crippen molar-refractivity contribution in [3.63, 3.8) is 0 Å². The van der Waals surface area contributed by atoms with Crippen molar-refractivity contribution in [1.82, 2.24) is 15.3 Å². The lowest BCUT2D eigenvalue weighted by Gasteiger charge is -2.32. The molecule has 5 nitrogen and oxygen atoms in total. The van der Waals surface area contributed by atoms with Crippen LogP contribution < -0.4 is 10.8 Å². The van der Waals surface area contributed by atoms with Gasteiger partial charge in [0.25, 0.3) is 0 Å². The first-order valence-corrected chi connectivity index (χ1v) is 14.7. The van der Waals surface area contributed by atoms with E-state index in [-0.39, 0.29) is 24.4 Å². The average Bonchev–Trinajstić information content (AvgIpc) is 3.73. The number of hydrogen-bond acceptors (Lipinski definition) is 4. The summed E-state index contributed by atoms with van der Waals surface area (Å²) in [6, 6.07) is 13.8. The molecule has 0 radical (unpaired) electrons. The number of nitrogens with one attached hydrogen (secondary N) is 2. The van der Waals surface area contributed by atoms with Crippen molar-refractivity contribution >= 4 is 12.6 Å². The Hall–Kier alpha value is -2.67. The monoisotopic (exact) mass is 521 g/mol.